The van der Waals surface area contributed by atoms with Gasteiger partial charge in [0, 0.05) is 12.0 Å². The zero-order valence-corrected chi connectivity index (χ0v) is 14.1. The van der Waals surface area contributed by atoms with Crippen LogP contribution in [0.2, 0.25) is 0 Å². The van der Waals surface area contributed by atoms with Crippen molar-refractivity contribution < 1.29 is 13.9 Å². The molecular weight excluding hydrogens is 278 g/mol. The SMILES string of the molecule is CCC1(C2(c3ccoc3)CC2)CCCN1C(=O)OC(C)(C)C. The maximum Gasteiger partial charge on any atom is 0.410 e. The summed E-state index contributed by atoms with van der Waals surface area (Å²) in [4.78, 5) is 14.8. The summed E-state index contributed by atoms with van der Waals surface area (Å²) in [6.07, 6.45) is 8.74. The van der Waals surface area contributed by atoms with E-state index in [4.69, 9.17) is 9.15 Å². The standard InChI is InChI=1S/C18H27NO3/c1-5-18(17(9-10-17)14-7-12-21-13-14)8-6-11-19(18)15(20)22-16(2,3)4/h7,12-13H,5-6,8-11H2,1-4H3. The van der Waals surface area contributed by atoms with Crippen molar-refractivity contribution in [1.29, 1.82) is 0 Å². The highest BCUT2D eigenvalue weighted by Crippen LogP contribution is 2.62. The quantitative estimate of drug-likeness (QED) is 0.826. The van der Waals surface area contributed by atoms with Gasteiger partial charge in [0.05, 0.1) is 18.1 Å². The zero-order chi connectivity index (χ0) is 16.0. The number of amides is 1. The molecule has 1 aromatic rings. The summed E-state index contributed by atoms with van der Waals surface area (Å²) >= 11 is 0. The van der Waals surface area contributed by atoms with Crippen molar-refractivity contribution in [2.45, 2.75) is 76.4 Å². The lowest BCUT2D eigenvalue weighted by atomic mass is 9.73. The molecule has 1 aliphatic carbocycles. The Morgan fingerprint density at radius 1 is 1.36 bits per heavy atom. The van der Waals surface area contributed by atoms with E-state index in [1.54, 1.807) is 6.26 Å². The first-order valence-corrected chi connectivity index (χ1v) is 8.38. The van der Waals surface area contributed by atoms with Gasteiger partial charge in [-0.05, 0) is 64.5 Å². The number of rotatable bonds is 3. The molecule has 122 valence electrons. The van der Waals surface area contributed by atoms with E-state index >= 15 is 0 Å². The molecule has 0 N–H and O–H groups in total. The highest BCUT2D eigenvalue weighted by atomic mass is 16.6. The molecule has 1 saturated heterocycles. The van der Waals surface area contributed by atoms with Crippen LogP contribution in [0.3, 0.4) is 0 Å². The first-order chi connectivity index (χ1) is 10.3. The molecule has 1 unspecified atom stereocenters. The molecule has 22 heavy (non-hydrogen) atoms. The molecule has 4 heteroatoms. The first kappa shape index (κ1) is 15.4. The topological polar surface area (TPSA) is 42.7 Å². The molecule has 1 saturated carbocycles. The van der Waals surface area contributed by atoms with Crippen LogP contribution in [0.4, 0.5) is 4.79 Å². The lowest BCUT2D eigenvalue weighted by Gasteiger charge is -2.44. The van der Waals surface area contributed by atoms with Crippen molar-refractivity contribution >= 4 is 6.09 Å². The average Bonchev–Trinajstić information content (AvgIpc) is 2.93. The van der Waals surface area contributed by atoms with E-state index in [9.17, 15) is 4.79 Å². The minimum absolute atomic E-state index is 0.0577. The van der Waals surface area contributed by atoms with E-state index in [0.717, 1.165) is 38.6 Å². The van der Waals surface area contributed by atoms with Crippen LogP contribution in [0.15, 0.2) is 23.0 Å². The van der Waals surface area contributed by atoms with Crippen molar-refractivity contribution in [3.8, 4) is 0 Å². The third kappa shape index (κ3) is 2.24. The van der Waals surface area contributed by atoms with E-state index in [-0.39, 0.29) is 17.0 Å². The summed E-state index contributed by atoms with van der Waals surface area (Å²) < 4.78 is 11.0. The molecule has 3 rings (SSSR count). The fraction of sp³-hybridized carbons (Fsp3) is 0.722. The van der Waals surface area contributed by atoms with Crippen molar-refractivity contribution in [2.75, 3.05) is 6.54 Å². The average molecular weight is 305 g/mol. The molecule has 1 aliphatic heterocycles. The summed E-state index contributed by atoms with van der Waals surface area (Å²) in [6, 6.07) is 2.07. The van der Waals surface area contributed by atoms with Crippen molar-refractivity contribution in [1.82, 2.24) is 4.90 Å². The molecule has 1 aromatic heterocycles. The summed E-state index contributed by atoms with van der Waals surface area (Å²) in [5.41, 5.74) is 0.720. The second-order valence-corrected chi connectivity index (χ2v) is 7.71. The van der Waals surface area contributed by atoms with E-state index in [0.29, 0.717) is 0 Å². The predicted octanol–water partition coefficient (Wildman–Crippen LogP) is 4.49. The number of hydrogen-bond donors (Lipinski definition) is 0. The van der Waals surface area contributed by atoms with Gasteiger partial charge in [-0.25, -0.2) is 4.79 Å². The molecule has 2 fully saturated rings. The normalized spacial score (nSPS) is 27.0. The molecule has 2 aliphatic rings. The van der Waals surface area contributed by atoms with Gasteiger partial charge in [-0.3, -0.25) is 0 Å². The summed E-state index contributed by atoms with van der Waals surface area (Å²) in [5.74, 6) is 0. The number of carbonyl (C=O) groups is 1. The lowest BCUT2D eigenvalue weighted by Crippen LogP contribution is -2.56. The van der Waals surface area contributed by atoms with Crippen LogP contribution in [-0.2, 0) is 10.2 Å². The van der Waals surface area contributed by atoms with Gasteiger partial charge in [-0.1, -0.05) is 6.92 Å². The Hall–Kier alpha value is -1.45. The first-order valence-electron chi connectivity index (χ1n) is 8.38. The minimum Gasteiger partial charge on any atom is -0.472 e. The highest BCUT2D eigenvalue weighted by Gasteiger charge is 2.64. The maximum atomic E-state index is 12.8. The Balaban J connectivity index is 1.93. The fourth-order valence-corrected chi connectivity index (χ4v) is 4.35. The van der Waals surface area contributed by atoms with E-state index in [2.05, 4.69) is 13.0 Å². The molecule has 1 atom stereocenters. The number of nitrogens with zero attached hydrogens (tertiary/aromatic N) is 1. The molecule has 0 aromatic carbocycles. The van der Waals surface area contributed by atoms with Crippen LogP contribution in [0.5, 0.6) is 0 Å². The largest absolute Gasteiger partial charge is 0.472 e. The third-order valence-electron chi connectivity index (χ3n) is 5.40. The summed E-state index contributed by atoms with van der Waals surface area (Å²) in [7, 11) is 0. The van der Waals surface area contributed by atoms with Crippen LogP contribution in [-0.4, -0.2) is 28.7 Å². The lowest BCUT2D eigenvalue weighted by molar-refractivity contribution is -0.00151. The highest BCUT2D eigenvalue weighted by molar-refractivity contribution is 5.70. The number of hydrogen-bond acceptors (Lipinski definition) is 3. The van der Waals surface area contributed by atoms with Gasteiger partial charge >= 0.3 is 6.09 Å². The molecule has 4 nitrogen and oxygen atoms in total. The van der Waals surface area contributed by atoms with Crippen LogP contribution >= 0.6 is 0 Å². The molecule has 1 amide bonds. The van der Waals surface area contributed by atoms with Gasteiger partial charge in [-0.2, -0.15) is 0 Å². The molecule has 2 heterocycles. The molecule has 0 radical (unpaired) electrons. The number of likely N-dealkylation sites (tertiary alicyclic amines) is 1. The van der Waals surface area contributed by atoms with E-state index in [1.807, 2.05) is 31.9 Å². The monoisotopic (exact) mass is 305 g/mol. The van der Waals surface area contributed by atoms with Crippen LogP contribution in [0.1, 0.15) is 65.4 Å². The van der Waals surface area contributed by atoms with Crippen molar-refractivity contribution in [3.63, 3.8) is 0 Å². The molecular formula is C18H27NO3. The molecule has 0 bridgehead atoms. The Morgan fingerprint density at radius 3 is 2.59 bits per heavy atom. The smallest absolute Gasteiger partial charge is 0.410 e. The van der Waals surface area contributed by atoms with E-state index < -0.39 is 5.60 Å². The van der Waals surface area contributed by atoms with Gasteiger partial charge in [0.15, 0.2) is 0 Å². The molecule has 0 spiro atoms. The van der Waals surface area contributed by atoms with Crippen LogP contribution in [0, 0.1) is 0 Å². The van der Waals surface area contributed by atoms with Crippen LogP contribution in [0.25, 0.3) is 0 Å². The van der Waals surface area contributed by atoms with Crippen molar-refractivity contribution in [2.24, 2.45) is 0 Å². The Labute approximate surface area is 132 Å². The number of furan rings is 1. The fourth-order valence-electron chi connectivity index (χ4n) is 4.35. The van der Waals surface area contributed by atoms with E-state index in [1.165, 1.54) is 5.56 Å². The summed E-state index contributed by atoms with van der Waals surface area (Å²) in [6.45, 7) is 8.78. The van der Waals surface area contributed by atoms with Gasteiger partial charge in [-0.15, -0.1) is 0 Å². The number of ether oxygens (including phenoxy) is 1. The second kappa shape index (κ2) is 5.04. The minimum atomic E-state index is -0.453. The van der Waals surface area contributed by atoms with Crippen molar-refractivity contribution in [3.05, 3.63) is 24.2 Å². The Kier molecular flexibility index (Phi) is 3.54. The zero-order valence-electron chi connectivity index (χ0n) is 14.1. The Morgan fingerprint density at radius 2 is 2.09 bits per heavy atom. The summed E-state index contributed by atoms with van der Waals surface area (Å²) in [5, 5.41) is 0. The van der Waals surface area contributed by atoms with Crippen LogP contribution < -0.4 is 0 Å². The van der Waals surface area contributed by atoms with Gasteiger partial charge in [0.1, 0.15) is 5.60 Å². The van der Waals surface area contributed by atoms with Gasteiger partial charge in [0.2, 0.25) is 0 Å². The second-order valence-electron chi connectivity index (χ2n) is 7.71. The maximum absolute atomic E-state index is 12.8. The Bertz CT molecular complexity index is 539. The van der Waals surface area contributed by atoms with Gasteiger partial charge in [0.25, 0.3) is 0 Å². The van der Waals surface area contributed by atoms with Gasteiger partial charge < -0.3 is 14.1 Å². The predicted molar refractivity (Wildman–Crippen MR) is 84.8 cm³/mol. The third-order valence-corrected chi connectivity index (χ3v) is 5.40. The number of carbonyl (C=O) groups excluding carboxylic acids is 1.